The molecule has 1 aromatic heterocycles. The molecule has 2 nitrogen and oxygen atoms in total. The lowest BCUT2D eigenvalue weighted by Gasteiger charge is -2.27. The molecule has 0 aliphatic heterocycles. The summed E-state index contributed by atoms with van der Waals surface area (Å²) in [5, 5.41) is 2.88. The molecule has 0 amide bonds. The molecular weight excluding hydrogens is 276 g/mol. The molecule has 0 saturated heterocycles. The van der Waals surface area contributed by atoms with Gasteiger partial charge in [0.1, 0.15) is 0 Å². The summed E-state index contributed by atoms with van der Waals surface area (Å²) in [4.78, 5) is 3.72. The fourth-order valence-corrected chi connectivity index (χ4v) is 2.98. The second kappa shape index (κ2) is 7.06. The summed E-state index contributed by atoms with van der Waals surface area (Å²) in [6.07, 6.45) is 1.07. The quantitative estimate of drug-likeness (QED) is 0.882. The van der Waals surface area contributed by atoms with Crippen molar-refractivity contribution in [1.82, 2.24) is 4.90 Å². The minimum absolute atomic E-state index is 0.247. The normalized spacial score (nSPS) is 12.8. The summed E-state index contributed by atoms with van der Waals surface area (Å²) in [7, 11) is 2.12. The number of nitrogens with two attached hydrogens (primary N) is 1. The molecule has 2 N–H and O–H groups in total. The maximum Gasteiger partial charge on any atom is 0.0467 e. The van der Waals surface area contributed by atoms with E-state index in [9.17, 15) is 0 Å². The van der Waals surface area contributed by atoms with Gasteiger partial charge in [-0.3, -0.25) is 4.90 Å². The third-order valence-electron chi connectivity index (χ3n) is 3.30. The largest absolute Gasteiger partial charge is 0.329 e. The van der Waals surface area contributed by atoms with E-state index in [1.807, 2.05) is 12.1 Å². The van der Waals surface area contributed by atoms with Crippen LogP contribution in [0.15, 0.2) is 41.8 Å². The number of nitrogens with zero attached hydrogens (tertiary/aromatic N) is 1. The fourth-order valence-electron chi connectivity index (χ4n) is 2.15. The fraction of sp³-hybridized carbons (Fsp3) is 0.333. The lowest BCUT2D eigenvalue weighted by molar-refractivity contribution is 0.254. The van der Waals surface area contributed by atoms with Gasteiger partial charge in [-0.25, -0.2) is 0 Å². The molecule has 1 atom stereocenters. The third kappa shape index (κ3) is 4.05. The Morgan fingerprint density at radius 1 is 1.26 bits per heavy atom. The molecular formula is C15H19ClN2S. The van der Waals surface area contributed by atoms with Crippen LogP contribution in [-0.2, 0) is 6.42 Å². The van der Waals surface area contributed by atoms with Crippen molar-refractivity contribution < 1.29 is 0 Å². The average molecular weight is 295 g/mol. The topological polar surface area (TPSA) is 29.3 Å². The Bertz CT molecular complexity index is 481. The maximum absolute atomic E-state index is 5.92. The summed E-state index contributed by atoms with van der Waals surface area (Å²) < 4.78 is 0. The van der Waals surface area contributed by atoms with Crippen LogP contribution in [-0.4, -0.2) is 25.0 Å². The zero-order chi connectivity index (χ0) is 13.7. The Labute approximate surface area is 123 Å². The molecule has 1 unspecified atom stereocenters. The summed E-state index contributed by atoms with van der Waals surface area (Å²) in [5.41, 5.74) is 7.14. The van der Waals surface area contributed by atoms with Crippen molar-refractivity contribution in [2.75, 3.05) is 20.1 Å². The monoisotopic (exact) mass is 294 g/mol. The van der Waals surface area contributed by atoms with E-state index in [-0.39, 0.29) is 6.04 Å². The van der Waals surface area contributed by atoms with Gasteiger partial charge < -0.3 is 5.73 Å². The molecule has 1 heterocycles. The highest BCUT2D eigenvalue weighted by Gasteiger charge is 2.15. The summed E-state index contributed by atoms with van der Waals surface area (Å²) in [6, 6.07) is 12.5. The van der Waals surface area contributed by atoms with E-state index in [0.717, 1.165) is 18.0 Å². The van der Waals surface area contributed by atoms with Gasteiger partial charge in [-0.1, -0.05) is 29.8 Å². The first-order valence-electron chi connectivity index (χ1n) is 6.39. The van der Waals surface area contributed by atoms with Gasteiger partial charge in [0.15, 0.2) is 0 Å². The Morgan fingerprint density at radius 2 is 2.00 bits per heavy atom. The number of hydrogen-bond acceptors (Lipinski definition) is 3. The first-order chi connectivity index (χ1) is 9.20. The third-order valence-corrected chi connectivity index (χ3v) is 4.49. The first kappa shape index (κ1) is 14.5. The van der Waals surface area contributed by atoms with Gasteiger partial charge in [0.05, 0.1) is 0 Å². The van der Waals surface area contributed by atoms with Crippen molar-refractivity contribution in [3.8, 4) is 0 Å². The molecule has 0 fully saturated rings. The predicted molar refractivity (Wildman–Crippen MR) is 83.9 cm³/mol. The molecule has 1 aromatic carbocycles. The van der Waals surface area contributed by atoms with Gasteiger partial charge in [-0.2, -0.15) is 0 Å². The Balaban J connectivity index is 1.98. The molecule has 0 spiro atoms. The molecule has 0 aliphatic carbocycles. The number of halogens is 1. The van der Waals surface area contributed by atoms with Crippen molar-refractivity contribution in [3.63, 3.8) is 0 Å². The van der Waals surface area contributed by atoms with Crippen LogP contribution < -0.4 is 5.73 Å². The SMILES string of the molecule is CN(CCc1cccs1)C(CN)c1ccc(Cl)cc1. The number of thiophene rings is 1. The van der Waals surface area contributed by atoms with Crippen LogP contribution in [0.4, 0.5) is 0 Å². The highest BCUT2D eigenvalue weighted by Crippen LogP contribution is 2.21. The molecule has 4 heteroatoms. The van der Waals surface area contributed by atoms with Gasteiger partial charge >= 0.3 is 0 Å². The van der Waals surface area contributed by atoms with Crippen molar-refractivity contribution in [2.24, 2.45) is 5.73 Å². The van der Waals surface area contributed by atoms with Crippen LogP contribution in [0.5, 0.6) is 0 Å². The van der Waals surface area contributed by atoms with Gasteiger partial charge in [0.25, 0.3) is 0 Å². The zero-order valence-corrected chi connectivity index (χ0v) is 12.6. The van der Waals surface area contributed by atoms with Gasteiger partial charge in [0, 0.05) is 29.0 Å². The first-order valence-corrected chi connectivity index (χ1v) is 7.64. The Morgan fingerprint density at radius 3 is 2.58 bits per heavy atom. The lowest BCUT2D eigenvalue weighted by Crippen LogP contribution is -2.32. The van der Waals surface area contributed by atoms with Crippen LogP contribution in [0.3, 0.4) is 0 Å². The van der Waals surface area contributed by atoms with E-state index < -0.39 is 0 Å². The minimum Gasteiger partial charge on any atom is -0.329 e. The Hall–Kier alpha value is -0.870. The molecule has 0 aliphatic rings. The standard InChI is InChI=1S/C15H19ClN2S/c1-18(9-8-14-3-2-10-19-14)15(11-17)12-4-6-13(16)7-5-12/h2-7,10,15H,8-9,11,17H2,1H3. The molecule has 0 bridgehead atoms. The van der Waals surface area contributed by atoms with Crippen molar-refractivity contribution >= 4 is 22.9 Å². The van der Waals surface area contributed by atoms with Crippen molar-refractivity contribution in [3.05, 3.63) is 57.2 Å². The maximum atomic E-state index is 5.92. The predicted octanol–water partition coefficient (Wildman–Crippen LogP) is 3.58. The molecule has 2 rings (SSSR count). The van der Waals surface area contributed by atoms with E-state index >= 15 is 0 Å². The molecule has 102 valence electrons. The Kier molecular flexibility index (Phi) is 5.40. The lowest BCUT2D eigenvalue weighted by atomic mass is 10.1. The molecule has 2 aromatic rings. The average Bonchev–Trinajstić information content (AvgIpc) is 2.92. The minimum atomic E-state index is 0.247. The van der Waals surface area contributed by atoms with Gasteiger partial charge in [0.2, 0.25) is 0 Å². The second-order valence-corrected chi connectivity index (χ2v) is 6.08. The number of hydrogen-bond donors (Lipinski definition) is 1. The second-order valence-electron chi connectivity index (χ2n) is 4.61. The van der Waals surface area contributed by atoms with E-state index in [2.05, 4.69) is 41.6 Å². The summed E-state index contributed by atoms with van der Waals surface area (Å²) in [6.45, 7) is 1.62. The van der Waals surface area contributed by atoms with Crippen LogP contribution in [0.25, 0.3) is 0 Å². The number of rotatable bonds is 6. The molecule has 0 radical (unpaired) electrons. The summed E-state index contributed by atoms with van der Waals surface area (Å²) >= 11 is 7.73. The van der Waals surface area contributed by atoms with Crippen LogP contribution in [0, 0.1) is 0 Å². The van der Waals surface area contributed by atoms with E-state index in [4.69, 9.17) is 17.3 Å². The number of benzene rings is 1. The number of likely N-dealkylation sites (N-methyl/N-ethyl adjacent to an activating group) is 1. The highest BCUT2D eigenvalue weighted by atomic mass is 35.5. The van der Waals surface area contributed by atoms with E-state index in [1.54, 1.807) is 11.3 Å². The van der Waals surface area contributed by atoms with Crippen LogP contribution >= 0.6 is 22.9 Å². The van der Waals surface area contributed by atoms with Crippen LogP contribution in [0.1, 0.15) is 16.5 Å². The molecule has 0 saturated carbocycles. The van der Waals surface area contributed by atoms with E-state index in [0.29, 0.717) is 6.54 Å². The summed E-state index contributed by atoms with van der Waals surface area (Å²) in [5.74, 6) is 0. The van der Waals surface area contributed by atoms with Crippen molar-refractivity contribution in [1.29, 1.82) is 0 Å². The van der Waals surface area contributed by atoms with Gasteiger partial charge in [-0.15, -0.1) is 11.3 Å². The smallest absolute Gasteiger partial charge is 0.0467 e. The highest BCUT2D eigenvalue weighted by molar-refractivity contribution is 7.09. The zero-order valence-electron chi connectivity index (χ0n) is 11.1. The van der Waals surface area contributed by atoms with Gasteiger partial charge in [-0.05, 0) is 42.6 Å². The van der Waals surface area contributed by atoms with E-state index in [1.165, 1.54) is 10.4 Å². The van der Waals surface area contributed by atoms with Crippen molar-refractivity contribution in [2.45, 2.75) is 12.5 Å². The van der Waals surface area contributed by atoms with Crippen LogP contribution in [0.2, 0.25) is 5.02 Å². The molecule has 19 heavy (non-hydrogen) atoms.